The third kappa shape index (κ3) is 8.61. The predicted molar refractivity (Wildman–Crippen MR) is 203 cm³/mol. The molecule has 2 aliphatic heterocycles. The molecule has 3 unspecified atom stereocenters. The van der Waals surface area contributed by atoms with Crippen LogP contribution in [0, 0.1) is 29.6 Å². The van der Waals surface area contributed by atoms with Crippen molar-refractivity contribution >= 4 is 46.1 Å². The van der Waals surface area contributed by atoms with Gasteiger partial charge in [-0.15, -0.1) is 0 Å². The third-order valence-corrected chi connectivity index (χ3v) is 10.1. The molecule has 12 heteroatoms. The van der Waals surface area contributed by atoms with E-state index in [0.29, 0.717) is 41.7 Å². The number of aromatic amines is 1. The van der Waals surface area contributed by atoms with Crippen molar-refractivity contribution in [1.29, 1.82) is 0 Å². The molecule has 4 aromatic rings. The van der Waals surface area contributed by atoms with Gasteiger partial charge in [0.2, 0.25) is 17.7 Å². The lowest BCUT2D eigenvalue weighted by Gasteiger charge is -2.40. The number of hydrogen-bond acceptors (Lipinski definition) is 6. The maximum absolute atomic E-state index is 14.2. The maximum Gasteiger partial charge on any atom is 0.254 e. The molecular formula is C41H44ClN5O6. The Balaban J connectivity index is 1.24. The summed E-state index contributed by atoms with van der Waals surface area (Å²) in [5, 5.41) is 7.06. The van der Waals surface area contributed by atoms with Crippen LogP contribution in [0.1, 0.15) is 41.8 Å². The number of likely N-dealkylation sites (N-methyl/N-ethyl adjacent to an activating group) is 1. The molecule has 0 aliphatic carbocycles. The summed E-state index contributed by atoms with van der Waals surface area (Å²) in [6, 6.07) is 19.1. The highest BCUT2D eigenvalue weighted by Crippen LogP contribution is 2.38. The average Bonchev–Trinajstić information content (AvgIpc) is 3.77. The molecular weight excluding hydrogens is 694 g/mol. The van der Waals surface area contributed by atoms with Crippen molar-refractivity contribution in [3.05, 3.63) is 94.6 Å². The summed E-state index contributed by atoms with van der Waals surface area (Å²) in [7, 11) is 3.04. The second-order valence-corrected chi connectivity index (χ2v) is 14.2. The van der Waals surface area contributed by atoms with Crippen LogP contribution in [-0.2, 0) is 20.8 Å². The average molecular weight is 738 g/mol. The highest BCUT2D eigenvalue weighted by molar-refractivity contribution is 6.31. The van der Waals surface area contributed by atoms with E-state index in [9.17, 15) is 19.2 Å². The quantitative estimate of drug-likeness (QED) is 0.203. The zero-order chi connectivity index (χ0) is 37.6. The number of carbonyl (C=O) groups excluding carboxylic acids is 4. The van der Waals surface area contributed by atoms with Crippen LogP contribution in [0.4, 0.5) is 0 Å². The Bertz CT molecular complexity index is 2050. The minimum atomic E-state index is -0.913. The van der Waals surface area contributed by atoms with E-state index in [2.05, 4.69) is 27.5 Å². The molecule has 3 N–H and O–H groups in total. The highest BCUT2D eigenvalue weighted by Gasteiger charge is 2.48. The summed E-state index contributed by atoms with van der Waals surface area (Å²) < 4.78 is 11.4. The standard InChI is InChI=1S/C41H44ClN5O6/c1-25(2)53-36-16-13-27(17-37(36)52-4)41(51)47-22-29-21-46(38(48)18-28-20-44-35-19-30(42)14-15-31(28)35)24-33(32(29)23-47)39(49)45-34(40(50)43-3)12-8-11-26-9-6-5-7-10-26/h5-7,9-10,13-17,19-20,25,29,32-34,44H,12,18,21-24H2,1-4H3,(H,43,50)(H,45,49)/t29?,32?,33?,34-/m0/s1. The monoisotopic (exact) mass is 737 g/mol. The van der Waals surface area contributed by atoms with Crippen LogP contribution in [0.5, 0.6) is 11.5 Å². The van der Waals surface area contributed by atoms with E-state index in [1.807, 2.05) is 62.5 Å². The second kappa shape index (κ2) is 16.5. The number of fused-ring (bicyclic) bond motifs is 2. The number of halogens is 1. The van der Waals surface area contributed by atoms with Crippen molar-refractivity contribution in [3.63, 3.8) is 0 Å². The second-order valence-electron chi connectivity index (χ2n) is 13.8. The Morgan fingerprint density at radius 3 is 2.47 bits per heavy atom. The molecule has 0 saturated carbocycles. The Labute approximate surface area is 314 Å². The van der Waals surface area contributed by atoms with Gasteiger partial charge in [-0.05, 0) is 73.7 Å². The molecule has 2 fully saturated rings. The Hall–Kier alpha value is -5.47. The van der Waals surface area contributed by atoms with Gasteiger partial charge in [-0.25, -0.2) is 0 Å². The summed E-state index contributed by atoms with van der Waals surface area (Å²) >= 11 is 6.18. The molecule has 0 bridgehead atoms. The van der Waals surface area contributed by atoms with Crippen LogP contribution in [0.25, 0.3) is 10.9 Å². The van der Waals surface area contributed by atoms with Crippen LogP contribution in [0.15, 0.2) is 72.9 Å². The van der Waals surface area contributed by atoms with Gasteiger partial charge in [0.25, 0.3) is 5.91 Å². The fraction of sp³-hybridized carbons (Fsp3) is 0.366. The summed E-state index contributed by atoms with van der Waals surface area (Å²) in [4.78, 5) is 61.8. The number of piperidine rings is 1. The Morgan fingerprint density at radius 2 is 1.74 bits per heavy atom. The van der Waals surface area contributed by atoms with Crippen LogP contribution in [0.3, 0.4) is 0 Å². The van der Waals surface area contributed by atoms with Gasteiger partial charge in [0.1, 0.15) is 6.04 Å². The lowest BCUT2D eigenvalue weighted by atomic mass is 9.79. The molecule has 1 aromatic heterocycles. The molecule has 0 spiro atoms. The molecule has 11 nitrogen and oxygen atoms in total. The van der Waals surface area contributed by atoms with Crippen molar-refractivity contribution in [2.24, 2.45) is 17.8 Å². The first-order valence-electron chi connectivity index (χ1n) is 17.8. The first-order chi connectivity index (χ1) is 25.5. The van der Waals surface area contributed by atoms with Crippen molar-refractivity contribution in [2.45, 2.75) is 38.8 Å². The number of rotatable bonds is 10. The van der Waals surface area contributed by atoms with E-state index >= 15 is 0 Å². The summed E-state index contributed by atoms with van der Waals surface area (Å²) in [6.45, 7) is 5.03. The van der Waals surface area contributed by atoms with Gasteiger partial charge in [0.15, 0.2) is 11.5 Å². The number of ether oxygens (including phenoxy) is 2. The first-order valence-corrected chi connectivity index (χ1v) is 18.2. The van der Waals surface area contributed by atoms with Crippen molar-refractivity contribution < 1.29 is 28.7 Å². The van der Waals surface area contributed by atoms with E-state index in [-0.39, 0.29) is 61.0 Å². The van der Waals surface area contributed by atoms with Crippen LogP contribution >= 0.6 is 11.6 Å². The van der Waals surface area contributed by atoms with Gasteiger partial charge in [-0.3, -0.25) is 19.2 Å². The number of hydrogen-bond donors (Lipinski definition) is 3. The van der Waals surface area contributed by atoms with Gasteiger partial charge in [-0.1, -0.05) is 47.7 Å². The zero-order valence-electron chi connectivity index (χ0n) is 30.3. The number of carbonyl (C=O) groups is 4. The Morgan fingerprint density at radius 1 is 0.962 bits per heavy atom. The SMILES string of the molecule is CNC(=O)[C@H](CC#Cc1ccccc1)NC(=O)C1CN(C(=O)Cc2c[nH]c3cc(Cl)ccc23)CC2CN(C(=O)c3ccc(OC(C)C)c(OC)c3)CC21. The lowest BCUT2D eigenvalue weighted by Crippen LogP contribution is -2.56. The van der Waals surface area contributed by atoms with Crippen molar-refractivity contribution in [2.75, 3.05) is 40.3 Å². The van der Waals surface area contributed by atoms with Gasteiger partial charge in [-0.2, -0.15) is 0 Å². The molecule has 3 aromatic carbocycles. The van der Waals surface area contributed by atoms with Crippen LogP contribution in [0.2, 0.25) is 5.02 Å². The third-order valence-electron chi connectivity index (χ3n) is 9.89. The minimum Gasteiger partial charge on any atom is -0.493 e. The van der Waals surface area contributed by atoms with Gasteiger partial charge in [0.05, 0.1) is 25.6 Å². The van der Waals surface area contributed by atoms with Gasteiger partial charge < -0.3 is 34.9 Å². The first kappa shape index (κ1) is 37.3. The predicted octanol–water partition coefficient (Wildman–Crippen LogP) is 4.68. The minimum absolute atomic E-state index is 0.0748. The number of amides is 4. The molecule has 4 amide bonds. The number of H-pyrrole nitrogens is 1. The van der Waals surface area contributed by atoms with E-state index in [1.165, 1.54) is 14.2 Å². The van der Waals surface area contributed by atoms with E-state index in [1.54, 1.807) is 34.1 Å². The number of methoxy groups -OCH3 is 1. The number of aromatic nitrogens is 1. The van der Waals surface area contributed by atoms with Crippen molar-refractivity contribution in [1.82, 2.24) is 25.4 Å². The molecule has 6 rings (SSSR count). The molecule has 0 radical (unpaired) electrons. The highest BCUT2D eigenvalue weighted by atomic mass is 35.5. The molecule has 276 valence electrons. The zero-order valence-corrected chi connectivity index (χ0v) is 31.0. The molecule has 53 heavy (non-hydrogen) atoms. The topological polar surface area (TPSA) is 133 Å². The van der Waals surface area contributed by atoms with E-state index in [4.69, 9.17) is 21.1 Å². The molecule has 2 aliphatic rings. The molecule has 3 heterocycles. The van der Waals surface area contributed by atoms with Gasteiger partial charge in [0, 0.05) is 72.9 Å². The fourth-order valence-electron chi connectivity index (χ4n) is 7.28. The van der Waals surface area contributed by atoms with Crippen molar-refractivity contribution in [3.8, 4) is 23.3 Å². The van der Waals surface area contributed by atoms with E-state index < -0.39 is 12.0 Å². The van der Waals surface area contributed by atoms with Crippen LogP contribution in [-0.4, -0.2) is 90.9 Å². The largest absolute Gasteiger partial charge is 0.493 e. The van der Waals surface area contributed by atoms with E-state index in [0.717, 1.165) is 22.0 Å². The molecule has 4 atom stereocenters. The van der Waals surface area contributed by atoms with Gasteiger partial charge >= 0.3 is 0 Å². The Kier molecular flexibility index (Phi) is 11.6. The number of likely N-dealkylation sites (tertiary alicyclic amines) is 2. The summed E-state index contributed by atoms with van der Waals surface area (Å²) in [5.74, 6) is 4.90. The number of benzene rings is 3. The molecule has 2 saturated heterocycles. The number of nitrogens with zero attached hydrogens (tertiary/aromatic N) is 2. The summed E-state index contributed by atoms with van der Waals surface area (Å²) in [5.41, 5.74) is 2.88. The summed E-state index contributed by atoms with van der Waals surface area (Å²) in [6.07, 6.45) is 1.95. The van der Waals surface area contributed by atoms with Crippen LogP contribution < -0.4 is 20.1 Å². The number of nitrogens with one attached hydrogen (secondary N) is 3. The smallest absolute Gasteiger partial charge is 0.254 e. The normalized spacial score (nSPS) is 18.5. The fourth-order valence-corrected chi connectivity index (χ4v) is 7.45. The lowest BCUT2D eigenvalue weighted by molar-refractivity contribution is -0.140. The maximum atomic E-state index is 14.2.